The Morgan fingerprint density at radius 1 is 1.50 bits per heavy atom. The van der Waals surface area contributed by atoms with Gasteiger partial charge in [-0.25, -0.2) is 4.98 Å². The zero-order chi connectivity index (χ0) is 11.7. The number of halogens is 2. The van der Waals surface area contributed by atoms with E-state index >= 15 is 0 Å². The number of nitrogens with zero attached hydrogens (tertiary/aromatic N) is 2. The summed E-state index contributed by atoms with van der Waals surface area (Å²) in [4.78, 5) is 6.72. The first kappa shape index (κ1) is 12.0. The lowest BCUT2D eigenvalue weighted by Crippen LogP contribution is -2.27. The first-order chi connectivity index (χ1) is 7.61. The maximum Gasteiger partial charge on any atom is 0.129 e. The smallest absolute Gasteiger partial charge is 0.129 e. The van der Waals surface area contributed by atoms with Crippen molar-refractivity contribution in [3.63, 3.8) is 0 Å². The summed E-state index contributed by atoms with van der Waals surface area (Å²) in [6, 6.07) is 2.55. The molecule has 16 heavy (non-hydrogen) atoms. The number of pyridine rings is 1. The van der Waals surface area contributed by atoms with Gasteiger partial charge in [0.15, 0.2) is 0 Å². The van der Waals surface area contributed by atoms with Crippen LogP contribution in [-0.4, -0.2) is 17.6 Å². The summed E-state index contributed by atoms with van der Waals surface area (Å²) in [5.74, 6) is 2.16. The normalized spacial score (nSPS) is 25.1. The Hall–Kier alpha value is -0.470. The highest BCUT2D eigenvalue weighted by Gasteiger charge is 2.27. The number of rotatable bonds is 2. The van der Waals surface area contributed by atoms with E-state index < -0.39 is 0 Å². The van der Waals surface area contributed by atoms with E-state index in [9.17, 15) is 0 Å². The van der Waals surface area contributed by atoms with Gasteiger partial charge in [-0.15, -0.1) is 11.6 Å². The monoisotopic (exact) mass is 258 g/mol. The Morgan fingerprint density at radius 2 is 2.25 bits per heavy atom. The van der Waals surface area contributed by atoms with Gasteiger partial charge >= 0.3 is 0 Å². The van der Waals surface area contributed by atoms with Crippen LogP contribution in [0.3, 0.4) is 0 Å². The number of alkyl halides is 1. The summed E-state index contributed by atoms with van der Waals surface area (Å²) in [5, 5.41) is 0.652. The van der Waals surface area contributed by atoms with Crippen molar-refractivity contribution in [2.45, 2.75) is 32.2 Å². The second-order valence-electron chi connectivity index (χ2n) is 4.61. The molecule has 1 aliphatic heterocycles. The summed E-state index contributed by atoms with van der Waals surface area (Å²) in [7, 11) is 0. The van der Waals surface area contributed by atoms with Crippen LogP contribution < -0.4 is 4.90 Å². The molecule has 0 radical (unpaired) electrons. The predicted octanol–water partition coefficient (Wildman–Crippen LogP) is 3.71. The van der Waals surface area contributed by atoms with Gasteiger partial charge in [0.25, 0.3) is 0 Å². The summed E-state index contributed by atoms with van der Waals surface area (Å²) in [6.07, 6.45) is 2.92. The van der Waals surface area contributed by atoms with Crippen LogP contribution in [0.1, 0.15) is 25.8 Å². The highest BCUT2D eigenvalue weighted by Crippen LogP contribution is 2.29. The second-order valence-corrected chi connectivity index (χ2v) is 5.28. The molecule has 1 saturated heterocycles. The van der Waals surface area contributed by atoms with Crippen molar-refractivity contribution in [2.75, 3.05) is 11.4 Å². The van der Waals surface area contributed by atoms with Crippen LogP contribution in [-0.2, 0) is 5.88 Å². The molecule has 2 atom stereocenters. The average Bonchev–Trinajstić information content (AvgIpc) is 2.59. The van der Waals surface area contributed by atoms with E-state index in [4.69, 9.17) is 23.2 Å². The fraction of sp³-hybridized carbons (Fsp3) is 0.583. The minimum atomic E-state index is 0.437. The van der Waals surface area contributed by atoms with Gasteiger partial charge in [-0.3, -0.25) is 0 Å². The minimum absolute atomic E-state index is 0.437. The molecular formula is C12H16Cl2N2. The highest BCUT2D eigenvalue weighted by molar-refractivity contribution is 6.32. The van der Waals surface area contributed by atoms with Crippen LogP contribution in [0.15, 0.2) is 12.3 Å². The fourth-order valence-electron chi connectivity index (χ4n) is 2.35. The molecule has 88 valence electrons. The lowest BCUT2D eigenvalue weighted by molar-refractivity contribution is 0.625. The Labute approximate surface area is 107 Å². The largest absolute Gasteiger partial charge is 0.354 e. The molecule has 2 rings (SSSR count). The molecular weight excluding hydrogens is 243 g/mol. The van der Waals surface area contributed by atoms with Crippen molar-refractivity contribution in [3.8, 4) is 0 Å². The molecule has 0 amide bonds. The van der Waals surface area contributed by atoms with Gasteiger partial charge in [-0.2, -0.15) is 0 Å². The van der Waals surface area contributed by atoms with Crippen LogP contribution in [0.2, 0.25) is 5.02 Å². The average molecular weight is 259 g/mol. The van der Waals surface area contributed by atoms with Gasteiger partial charge in [-0.05, 0) is 30.9 Å². The minimum Gasteiger partial charge on any atom is -0.354 e. The molecule has 0 aromatic carbocycles. The molecule has 1 aliphatic rings. The first-order valence-corrected chi connectivity index (χ1v) is 6.50. The molecule has 2 nitrogen and oxygen atoms in total. The number of anilines is 1. The Balaban J connectivity index is 2.27. The van der Waals surface area contributed by atoms with Crippen molar-refractivity contribution in [1.29, 1.82) is 0 Å². The van der Waals surface area contributed by atoms with E-state index in [0.717, 1.165) is 23.8 Å². The molecule has 0 aliphatic carbocycles. The zero-order valence-electron chi connectivity index (χ0n) is 9.58. The maximum atomic E-state index is 6.00. The Bertz CT molecular complexity index is 381. The van der Waals surface area contributed by atoms with Gasteiger partial charge in [-0.1, -0.05) is 18.5 Å². The van der Waals surface area contributed by atoms with Gasteiger partial charge in [0.1, 0.15) is 5.82 Å². The third-order valence-electron chi connectivity index (χ3n) is 3.14. The van der Waals surface area contributed by atoms with E-state index in [0.29, 0.717) is 16.9 Å². The third-order valence-corrected chi connectivity index (χ3v) is 3.77. The Morgan fingerprint density at radius 3 is 2.81 bits per heavy atom. The second kappa shape index (κ2) is 4.80. The first-order valence-electron chi connectivity index (χ1n) is 5.59. The van der Waals surface area contributed by atoms with Crippen LogP contribution in [0.5, 0.6) is 0 Å². The molecule has 0 spiro atoms. The molecule has 0 saturated carbocycles. The summed E-state index contributed by atoms with van der Waals surface area (Å²) in [6.45, 7) is 5.58. The van der Waals surface area contributed by atoms with Crippen LogP contribution in [0.4, 0.5) is 5.82 Å². The topological polar surface area (TPSA) is 16.1 Å². The van der Waals surface area contributed by atoms with Gasteiger partial charge in [0, 0.05) is 24.7 Å². The molecule has 1 aromatic heterocycles. The standard InChI is InChI=1S/C12H16Cl2N2/c1-8-3-9(2)16(7-8)12-4-10(5-13)11(14)6-15-12/h4,6,8-9H,3,5,7H2,1-2H3. The van der Waals surface area contributed by atoms with E-state index in [1.165, 1.54) is 6.42 Å². The number of aromatic nitrogens is 1. The number of hydrogen-bond acceptors (Lipinski definition) is 2. The fourth-order valence-corrected chi connectivity index (χ4v) is 2.81. The van der Waals surface area contributed by atoms with E-state index in [1.807, 2.05) is 6.07 Å². The lowest BCUT2D eigenvalue weighted by Gasteiger charge is -2.23. The summed E-state index contributed by atoms with van der Waals surface area (Å²) >= 11 is 11.8. The highest BCUT2D eigenvalue weighted by atomic mass is 35.5. The third kappa shape index (κ3) is 2.28. The quantitative estimate of drug-likeness (QED) is 0.753. The SMILES string of the molecule is CC1CC(C)N(c2cc(CCl)c(Cl)cn2)C1. The van der Waals surface area contributed by atoms with Gasteiger partial charge in [0.05, 0.1) is 5.02 Å². The molecule has 4 heteroatoms. The molecule has 1 aromatic rings. The van der Waals surface area contributed by atoms with Crippen molar-refractivity contribution < 1.29 is 0 Å². The van der Waals surface area contributed by atoms with Crippen molar-refractivity contribution in [1.82, 2.24) is 4.98 Å². The molecule has 0 bridgehead atoms. The van der Waals surface area contributed by atoms with Crippen molar-refractivity contribution in [3.05, 3.63) is 22.8 Å². The van der Waals surface area contributed by atoms with Crippen LogP contribution in [0, 0.1) is 5.92 Å². The molecule has 2 heterocycles. The van der Waals surface area contributed by atoms with E-state index in [-0.39, 0.29) is 0 Å². The number of hydrogen-bond donors (Lipinski definition) is 0. The van der Waals surface area contributed by atoms with E-state index in [1.54, 1.807) is 6.20 Å². The molecule has 2 unspecified atom stereocenters. The van der Waals surface area contributed by atoms with Crippen LogP contribution >= 0.6 is 23.2 Å². The predicted molar refractivity (Wildman–Crippen MR) is 69.4 cm³/mol. The summed E-state index contributed by atoms with van der Waals surface area (Å²) < 4.78 is 0. The Kier molecular flexibility index (Phi) is 3.60. The molecule has 1 fully saturated rings. The zero-order valence-corrected chi connectivity index (χ0v) is 11.1. The van der Waals surface area contributed by atoms with Crippen LogP contribution in [0.25, 0.3) is 0 Å². The van der Waals surface area contributed by atoms with E-state index in [2.05, 4.69) is 23.7 Å². The molecule has 0 N–H and O–H groups in total. The lowest BCUT2D eigenvalue weighted by atomic mass is 10.1. The maximum absolute atomic E-state index is 6.00. The van der Waals surface area contributed by atoms with Gasteiger partial charge in [0.2, 0.25) is 0 Å². The summed E-state index contributed by atoms with van der Waals surface area (Å²) in [5.41, 5.74) is 0.958. The van der Waals surface area contributed by atoms with Crippen molar-refractivity contribution in [2.24, 2.45) is 5.92 Å². The van der Waals surface area contributed by atoms with Crippen molar-refractivity contribution >= 4 is 29.0 Å². The van der Waals surface area contributed by atoms with Gasteiger partial charge < -0.3 is 4.90 Å².